The molecule has 122 valence electrons. The van der Waals surface area contributed by atoms with Crippen LogP contribution in [0.15, 0.2) is 72.8 Å². The lowest BCUT2D eigenvalue weighted by Crippen LogP contribution is -2.04. The lowest BCUT2D eigenvalue weighted by atomic mass is 10.2. The van der Waals surface area contributed by atoms with Crippen LogP contribution in [0.25, 0.3) is 0 Å². The van der Waals surface area contributed by atoms with Crippen molar-refractivity contribution in [1.29, 1.82) is 0 Å². The van der Waals surface area contributed by atoms with E-state index in [4.69, 9.17) is 27.9 Å². The molecule has 0 aliphatic carbocycles. The summed E-state index contributed by atoms with van der Waals surface area (Å²) in [5, 5.41) is 4.76. The highest BCUT2D eigenvalue weighted by Gasteiger charge is 2.07. The highest BCUT2D eigenvalue weighted by Crippen LogP contribution is 2.26. The number of hydrogen-bond acceptors (Lipinski definition) is 2. The molecule has 2 nitrogen and oxygen atoms in total. The molecule has 0 saturated carbocycles. The second-order valence-electron chi connectivity index (χ2n) is 5.35. The van der Waals surface area contributed by atoms with Crippen molar-refractivity contribution >= 4 is 28.9 Å². The van der Waals surface area contributed by atoms with Gasteiger partial charge in [0.25, 0.3) is 0 Å². The van der Waals surface area contributed by atoms with E-state index in [2.05, 4.69) is 5.32 Å². The van der Waals surface area contributed by atoms with Crippen LogP contribution in [-0.2, 0) is 13.2 Å². The van der Waals surface area contributed by atoms with Crippen molar-refractivity contribution in [3.8, 4) is 5.75 Å². The minimum absolute atomic E-state index is 0.416. The Morgan fingerprint density at radius 1 is 0.792 bits per heavy atom. The Labute approximate surface area is 152 Å². The number of hydrogen-bond donors (Lipinski definition) is 1. The molecule has 3 aromatic carbocycles. The molecule has 0 spiro atoms. The molecule has 0 amide bonds. The maximum absolute atomic E-state index is 6.18. The van der Waals surface area contributed by atoms with Gasteiger partial charge in [0.05, 0.1) is 0 Å². The molecule has 1 N–H and O–H groups in total. The van der Waals surface area contributed by atoms with Crippen molar-refractivity contribution in [1.82, 2.24) is 0 Å². The van der Waals surface area contributed by atoms with Gasteiger partial charge in [-0.15, -0.1) is 0 Å². The molecule has 0 saturated heterocycles. The SMILES string of the molecule is Clc1ccc(OCc2ccccc2Cl)c(CNc2ccccc2)c1. The van der Waals surface area contributed by atoms with Crippen molar-refractivity contribution in [3.05, 3.63) is 94.0 Å². The van der Waals surface area contributed by atoms with E-state index >= 15 is 0 Å². The molecule has 0 fully saturated rings. The maximum atomic E-state index is 6.18. The second-order valence-corrected chi connectivity index (χ2v) is 6.20. The van der Waals surface area contributed by atoms with Gasteiger partial charge in [0.15, 0.2) is 0 Å². The number of para-hydroxylation sites is 1. The predicted octanol–water partition coefficient (Wildman–Crippen LogP) is 6.18. The normalized spacial score (nSPS) is 10.4. The van der Waals surface area contributed by atoms with E-state index in [0.717, 1.165) is 22.6 Å². The number of benzene rings is 3. The Balaban J connectivity index is 1.72. The second kappa shape index (κ2) is 8.09. The van der Waals surface area contributed by atoms with Crippen molar-refractivity contribution in [2.75, 3.05) is 5.32 Å². The van der Waals surface area contributed by atoms with Crippen LogP contribution in [0.1, 0.15) is 11.1 Å². The van der Waals surface area contributed by atoms with Crippen molar-refractivity contribution in [3.63, 3.8) is 0 Å². The highest BCUT2D eigenvalue weighted by atomic mass is 35.5. The van der Waals surface area contributed by atoms with E-state index in [1.54, 1.807) is 0 Å². The highest BCUT2D eigenvalue weighted by molar-refractivity contribution is 6.31. The summed E-state index contributed by atoms with van der Waals surface area (Å²) < 4.78 is 5.96. The van der Waals surface area contributed by atoms with E-state index in [0.29, 0.717) is 23.2 Å². The molecule has 0 unspecified atom stereocenters. The molecule has 3 aromatic rings. The Kier molecular flexibility index (Phi) is 5.63. The number of nitrogens with one attached hydrogen (secondary N) is 1. The molecule has 4 heteroatoms. The summed E-state index contributed by atoms with van der Waals surface area (Å²) in [4.78, 5) is 0. The fraction of sp³-hybridized carbons (Fsp3) is 0.100. The van der Waals surface area contributed by atoms with E-state index in [1.165, 1.54) is 0 Å². The van der Waals surface area contributed by atoms with Gasteiger partial charge in [0.2, 0.25) is 0 Å². The molecule has 0 aromatic heterocycles. The van der Waals surface area contributed by atoms with Crippen LogP contribution >= 0.6 is 23.2 Å². The van der Waals surface area contributed by atoms with Crippen LogP contribution in [-0.4, -0.2) is 0 Å². The monoisotopic (exact) mass is 357 g/mol. The third kappa shape index (κ3) is 4.44. The summed E-state index contributed by atoms with van der Waals surface area (Å²) in [6.45, 7) is 1.04. The van der Waals surface area contributed by atoms with Crippen molar-refractivity contribution in [2.45, 2.75) is 13.2 Å². The van der Waals surface area contributed by atoms with E-state index in [-0.39, 0.29) is 0 Å². The molecular formula is C20H17Cl2NO. The van der Waals surface area contributed by atoms with Crippen LogP contribution in [0.5, 0.6) is 5.75 Å². The summed E-state index contributed by atoms with van der Waals surface area (Å²) >= 11 is 12.3. The first-order chi connectivity index (χ1) is 11.7. The summed E-state index contributed by atoms with van der Waals surface area (Å²) in [5.74, 6) is 0.794. The minimum atomic E-state index is 0.416. The molecule has 0 aliphatic heterocycles. The Morgan fingerprint density at radius 3 is 2.33 bits per heavy atom. The summed E-state index contributed by atoms with van der Waals surface area (Å²) in [6.07, 6.45) is 0. The zero-order chi connectivity index (χ0) is 16.8. The van der Waals surface area contributed by atoms with Gasteiger partial charge in [-0.25, -0.2) is 0 Å². The molecule has 0 heterocycles. The van der Waals surface area contributed by atoms with E-state index in [1.807, 2.05) is 72.8 Å². The van der Waals surface area contributed by atoms with Gasteiger partial charge in [-0.2, -0.15) is 0 Å². The summed E-state index contributed by atoms with van der Waals surface area (Å²) in [6, 6.07) is 23.3. The van der Waals surface area contributed by atoms with Crippen LogP contribution in [0, 0.1) is 0 Å². The van der Waals surface area contributed by atoms with E-state index < -0.39 is 0 Å². The van der Waals surface area contributed by atoms with Gasteiger partial charge in [0.1, 0.15) is 12.4 Å². The zero-order valence-corrected chi connectivity index (χ0v) is 14.5. The topological polar surface area (TPSA) is 21.3 Å². The van der Waals surface area contributed by atoms with Crippen LogP contribution in [0.3, 0.4) is 0 Å². The average Bonchev–Trinajstić information content (AvgIpc) is 2.61. The Bertz CT molecular complexity index is 806. The summed E-state index contributed by atoms with van der Waals surface area (Å²) in [5.41, 5.74) is 3.00. The lowest BCUT2D eigenvalue weighted by Gasteiger charge is -2.14. The average molecular weight is 358 g/mol. The number of ether oxygens (including phenoxy) is 1. The molecule has 24 heavy (non-hydrogen) atoms. The third-order valence-corrected chi connectivity index (χ3v) is 4.22. The summed E-state index contributed by atoms with van der Waals surface area (Å²) in [7, 11) is 0. The molecule has 0 aliphatic rings. The van der Waals surface area contributed by atoms with Gasteiger partial charge < -0.3 is 10.1 Å². The van der Waals surface area contributed by atoms with Crippen LogP contribution in [0.4, 0.5) is 5.69 Å². The first kappa shape index (κ1) is 16.7. The fourth-order valence-corrected chi connectivity index (χ4v) is 2.74. The largest absolute Gasteiger partial charge is 0.488 e. The number of rotatable bonds is 6. The first-order valence-corrected chi connectivity index (χ1v) is 8.41. The van der Waals surface area contributed by atoms with Gasteiger partial charge in [-0.1, -0.05) is 59.6 Å². The molecule has 0 atom stereocenters. The Morgan fingerprint density at radius 2 is 1.54 bits per heavy atom. The zero-order valence-electron chi connectivity index (χ0n) is 13.0. The standard InChI is InChI=1S/C20H17Cl2NO/c21-17-10-11-20(24-14-15-6-4-5-9-19(15)22)16(12-17)13-23-18-7-2-1-3-8-18/h1-12,23H,13-14H2. The quantitative estimate of drug-likeness (QED) is 0.568. The van der Waals surface area contributed by atoms with Crippen molar-refractivity contribution in [2.24, 2.45) is 0 Å². The molecule has 3 rings (SSSR count). The van der Waals surface area contributed by atoms with Gasteiger partial charge in [-0.3, -0.25) is 0 Å². The first-order valence-electron chi connectivity index (χ1n) is 7.66. The van der Waals surface area contributed by atoms with Gasteiger partial charge in [0, 0.05) is 33.4 Å². The Hall–Kier alpha value is -2.16. The molecule has 0 radical (unpaired) electrons. The molecular weight excluding hydrogens is 341 g/mol. The van der Waals surface area contributed by atoms with E-state index in [9.17, 15) is 0 Å². The predicted molar refractivity (Wildman–Crippen MR) is 101 cm³/mol. The fourth-order valence-electron chi connectivity index (χ4n) is 2.35. The van der Waals surface area contributed by atoms with Crippen molar-refractivity contribution < 1.29 is 4.74 Å². The number of anilines is 1. The van der Waals surface area contributed by atoms with Gasteiger partial charge >= 0.3 is 0 Å². The lowest BCUT2D eigenvalue weighted by molar-refractivity contribution is 0.303. The smallest absolute Gasteiger partial charge is 0.124 e. The van der Waals surface area contributed by atoms with Crippen LogP contribution in [0.2, 0.25) is 10.0 Å². The minimum Gasteiger partial charge on any atom is -0.488 e. The number of halogens is 2. The molecule has 0 bridgehead atoms. The van der Waals surface area contributed by atoms with Crippen LogP contribution < -0.4 is 10.1 Å². The van der Waals surface area contributed by atoms with Gasteiger partial charge in [-0.05, 0) is 36.4 Å². The third-order valence-electron chi connectivity index (χ3n) is 3.62. The maximum Gasteiger partial charge on any atom is 0.124 e.